The van der Waals surface area contributed by atoms with Crippen LogP contribution in [0.1, 0.15) is 273 Å². The highest BCUT2D eigenvalue weighted by atomic mass is 31.2. The average Bonchev–Trinajstić information content (AvgIpc) is 3.43. The van der Waals surface area contributed by atoms with Crippen LogP contribution in [0.15, 0.2) is 24.3 Å². The summed E-state index contributed by atoms with van der Waals surface area (Å²) in [6.45, 7) is 9.21. The van der Waals surface area contributed by atoms with Crippen molar-refractivity contribution in [1.29, 1.82) is 0 Å². The van der Waals surface area contributed by atoms with Gasteiger partial charge in [0.05, 0.1) is 26.4 Å². The molecule has 0 rings (SSSR count). The normalized spacial score (nSPS) is 15.3. The largest absolute Gasteiger partial charge is 0.472 e. The first-order valence-electron chi connectivity index (χ1n) is 31.4. The molecule has 0 saturated heterocycles. The summed E-state index contributed by atoms with van der Waals surface area (Å²) in [6, 6.07) is 0. The molecule has 4 unspecified atom stereocenters. The van der Waals surface area contributed by atoms with Crippen LogP contribution in [-0.4, -0.2) is 96.7 Å². The quantitative estimate of drug-likeness (QED) is 0.0169. The van der Waals surface area contributed by atoms with E-state index in [1.54, 1.807) is 0 Å². The zero-order valence-electron chi connectivity index (χ0n) is 50.8. The van der Waals surface area contributed by atoms with Gasteiger partial charge in [-0.05, 0) is 63.2 Å². The fourth-order valence-corrected chi connectivity index (χ4v) is 9.98. The highest BCUT2D eigenvalue weighted by Gasteiger charge is 2.30. The molecule has 17 nitrogen and oxygen atoms in total. The summed E-state index contributed by atoms with van der Waals surface area (Å²) in [7, 11) is -9.89. The first-order valence-corrected chi connectivity index (χ1v) is 34.4. The Kier molecular flexibility index (Phi) is 51.6. The van der Waals surface area contributed by atoms with Gasteiger partial charge in [0, 0.05) is 25.7 Å². The van der Waals surface area contributed by atoms with Gasteiger partial charge in [-0.15, -0.1) is 0 Å². The molecule has 19 heteroatoms. The van der Waals surface area contributed by atoms with Gasteiger partial charge >= 0.3 is 39.5 Å². The second-order valence-electron chi connectivity index (χ2n) is 21.9. The predicted molar refractivity (Wildman–Crippen MR) is 317 cm³/mol. The van der Waals surface area contributed by atoms with Gasteiger partial charge in [0.1, 0.15) is 19.3 Å². The Morgan fingerprint density at radius 3 is 1.06 bits per heavy atom. The van der Waals surface area contributed by atoms with Gasteiger partial charge in [0.2, 0.25) is 0 Å². The van der Waals surface area contributed by atoms with Gasteiger partial charge in [-0.3, -0.25) is 37.3 Å². The number of ether oxygens (including phenoxy) is 4. The first kappa shape index (κ1) is 77.5. The molecule has 7 atom stereocenters. The van der Waals surface area contributed by atoms with Gasteiger partial charge in [0.25, 0.3) is 0 Å². The fourth-order valence-electron chi connectivity index (χ4n) is 8.40. The summed E-state index contributed by atoms with van der Waals surface area (Å²) in [6.07, 6.45) is 37.5. The summed E-state index contributed by atoms with van der Waals surface area (Å²) in [5.74, 6) is -0.738. The number of phosphoric ester groups is 2. The lowest BCUT2D eigenvalue weighted by Crippen LogP contribution is -2.30. The monoisotopic (exact) mass is 1180 g/mol. The average molecular weight is 1180 g/mol. The Bertz CT molecular complexity index is 1680. The van der Waals surface area contributed by atoms with Crippen molar-refractivity contribution < 1.29 is 80.2 Å². The molecule has 0 fully saturated rings. The third kappa shape index (κ3) is 52.4. The van der Waals surface area contributed by atoms with Gasteiger partial charge in [-0.1, -0.05) is 220 Å². The van der Waals surface area contributed by atoms with Gasteiger partial charge in [-0.2, -0.15) is 0 Å². The molecule has 0 aromatic carbocycles. The Labute approximate surface area is 484 Å². The van der Waals surface area contributed by atoms with Crippen molar-refractivity contribution in [2.75, 3.05) is 39.6 Å². The lowest BCUT2D eigenvalue weighted by atomic mass is 10.00. The van der Waals surface area contributed by atoms with Crippen LogP contribution in [0.2, 0.25) is 0 Å². The number of hydrogen-bond donors (Lipinski definition) is 3. The zero-order valence-corrected chi connectivity index (χ0v) is 52.6. The van der Waals surface area contributed by atoms with Crippen LogP contribution in [0.4, 0.5) is 0 Å². The van der Waals surface area contributed by atoms with E-state index in [-0.39, 0.29) is 25.7 Å². The minimum atomic E-state index is -4.95. The number of phosphoric acid groups is 2. The number of allylic oxidation sites excluding steroid dienone is 4. The lowest BCUT2D eigenvalue weighted by molar-refractivity contribution is -0.161. The van der Waals surface area contributed by atoms with Crippen LogP contribution in [-0.2, 0) is 65.4 Å². The molecule has 0 bridgehead atoms. The van der Waals surface area contributed by atoms with Gasteiger partial charge in [0.15, 0.2) is 12.2 Å². The van der Waals surface area contributed by atoms with E-state index in [0.29, 0.717) is 25.7 Å². The summed E-state index contributed by atoms with van der Waals surface area (Å²) < 4.78 is 67.6. The Morgan fingerprint density at radius 2 is 0.700 bits per heavy atom. The molecular weight excluding hydrogens is 1070 g/mol. The molecule has 0 saturated carbocycles. The second kappa shape index (κ2) is 53.3. The number of esters is 4. The van der Waals surface area contributed by atoms with E-state index in [9.17, 15) is 43.2 Å². The molecule has 0 radical (unpaired) electrons. The van der Waals surface area contributed by atoms with Crippen LogP contribution in [0, 0.1) is 11.8 Å². The van der Waals surface area contributed by atoms with E-state index in [1.165, 1.54) is 64.2 Å². The Hall–Kier alpha value is -2.46. The number of carbonyl (C=O) groups is 4. The minimum Gasteiger partial charge on any atom is -0.462 e. The van der Waals surface area contributed by atoms with Crippen molar-refractivity contribution in [3.63, 3.8) is 0 Å². The molecule has 0 aliphatic rings. The molecule has 0 aliphatic carbocycles. The van der Waals surface area contributed by atoms with E-state index >= 15 is 0 Å². The maximum absolute atomic E-state index is 12.9. The van der Waals surface area contributed by atoms with Crippen molar-refractivity contribution in [3.8, 4) is 0 Å². The molecule has 3 N–H and O–H groups in total. The second-order valence-corrected chi connectivity index (χ2v) is 24.8. The van der Waals surface area contributed by atoms with Crippen LogP contribution in [0.25, 0.3) is 0 Å². The summed E-state index contributed by atoms with van der Waals surface area (Å²) in [5.41, 5.74) is 0. The van der Waals surface area contributed by atoms with E-state index < -0.39 is 97.5 Å². The third-order valence-electron chi connectivity index (χ3n) is 14.1. The molecule has 0 aromatic heterocycles. The van der Waals surface area contributed by atoms with E-state index in [1.807, 2.05) is 0 Å². The summed E-state index contributed by atoms with van der Waals surface area (Å²) in [5, 5.41) is 10.5. The summed E-state index contributed by atoms with van der Waals surface area (Å²) in [4.78, 5) is 71.8. The van der Waals surface area contributed by atoms with Crippen molar-refractivity contribution >= 4 is 39.5 Å². The molecule has 0 heterocycles. The Balaban J connectivity index is 5.23. The van der Waals surface area contributed by atoms with Gasteiger partial charge < -0.3 is 33.8 Å². The maximum atomic E-state index is 12.9. The molecule has 80 heavy (non-hydrogen) atoms. The van der Waals surface area contributed by atoms with Crippen LogP contribution >= 0.6 is 15.6 Å². The van der Waals surface area contributed by atoms with Crippen molar-refractivity contribution in [2.24, 2.45) is 11.8 Å². The molecule has 0 spiro atoms. The van der Waals surface area contributed by atoms with Crippen LogP contribution < -0.4 is 0 Å². The van der Waals surface area contributed by atoms with Crippen molar-refractivity contribution in [3.05, 3.63) is 24.3 Å². The molecule has 0 amide bonds. The molecular formula is C61H114O17P2. The van der Waals surface area contributed by atoms with Gasteiger partial charge in [-0.25, -0.2) is 9.13 Å². The van der Waals surface area contributed by atoms with Crippen molar-refractivity contribution in [1.82, 2.24) is 0 Å². The molecule has 0 aromatic rings. The minimum absolute atomic E-state index is 0.0835. The smallest absolute Gasteiger partial charge is 0.462 e. The fraction of sp³-hybridized carbons (Fsp3) is 0.869. The number of unbranched alkanes of at least 4 members (excludes halogenated alkanes) is 23. The number of aliphatic hydroxyl groups is 1. The maximum Gasteiger partial charge on any atom is 0.472 e. The Morgan fingerprint density at radius 1 is 0.400 bits per heavy atom. The number of aliphatic hydroxyl groups excluding tert-OH is 1. The topological polar surface area (TPSA) is 237 Å². The van der Waals surface area contributed by atoms with Crippen molar-refractivity contribution in [2.45, 2.75) is 291 Å². The predicted octanol–water partition coefficient (Wildman–Crippen LogP) is 16.0. The van der Waals surface area contributed by atoms with Crippen LogP contribution in [0.3, 0.4) is 0 Å². The lowest BCUT2D eigenvalue weighted by Gasteiger charge is -2.21. The molecule has 0 aliphatic heterocycles. The highest BCUT2D eigenvalue weighted by molar-refractivity contribution is 7.47. The third-order valence-corrected chi connectivity index (χ3v) is 16.0. The molecule has 470 valence electrons. The number of rotatable bonds is 58. The SMILES string of the molecule is CCCCCC/C=C\C=C/CCCCCCCC(=O)O[C@H](COC(=O)CCCCCCCCC(C)CC)COP(=O)(O)OC[C@@H](O)COP(=O)(O)OC[C@@H](COC(=O)CCCCCCC)OC(=O)CCCCCCCCC(C)CC. The zero-order chi connectivity index (χ0) is 59.4. The van der Waals surface area contributed by atoms with Crippen LogP contribution in [0.5, 0.6) is 0 Å². The number of hydrogen-bond acceptors (Lipinski definition) is 15. The summed E-state index contributed by atoms with van der Waals surface area (Å²) >= 11 is 0. The van der Waals surface area contributed by atoms with E-state index in [4.69, 9.17) is 37.0 Å². The number of carbonyl (C=O) groups excluding carboxylic acids is 4. The standard InChI is InChI=1S/C61H114O17P2/c1-7-11-13-15-16-17-18-19-20-21-22-23-24-33-39-45-60(65)77-57(50-72-59(64)44-38-32-27-25-30-35-41-53(5)9-3)52-76-80(69,70)74-48-55(62)47-73-79(67,68)75-51-56(49-71-58(63)43-37-29-14-12-8-2)78-61(66)46-40-34-28-26-31-36-42-54(6)10-4/h17-20,53-57,62H,7-16,21-52H2,1-6H3,(H,67,68)(H,69,70)/b18-17-,20-19-/t53?,54?,55-,56+,57+/m0/s1. The van der Waals surface area contributed by atoms with E-state index in [0.717, 1.165) is 127 Å². The first-order chi connectivity index (χ1) is 38.4. The highest BCUT2D eigenvalue weighted by Crippen LogP contribution is 2.45. The van der Waals surface area contributed by atoms with E-state index in [2.05, 4.69) is 65.8 Å².